The molecule has 3 aromatic rings. The zero-order valence-electron chi connectivity index (χ0n) is 9.50. The van der Waals surface area contributed by atoms with Crippen molar-refractivity contribution in [1.29, 1.82) is 0 Å². The Labute approximate surface area is 107 Å². The van der Waals surface area contributed by atoms with Crippen LogP contribution in [0.25, 0.3) is 21.5 Å². The van der Waals surface area contributed by atoms with E-state index in [0.717, 1.165) is 16.0 Å². The summed E-state index contributed by atoms with van der Waals surface area (Å²) in [5.74, 6) is 0.608. The van der Waals surface area contributed by atoms with Crippen LogP contribution in [0.15, 0.2) is 40.2 Å². The molecule has 1 aromatic carbocycles. The lowest BCUT2D eigenvalue weighted by Gasteiger charge is -2.03. The van der Waals surface area contributed by atoms with Gasteiger partial charge in [-0.1, -0.05) is 17.3 Å². The van der Waals surface area contributed by atoms with Crippen molar-refractivity contribution in [2.75, 3.05) is 13.2 Å². The Hall–Kier alpha value is -1.85. The second-order valence-corrected chi connectivity index (χ2v) is 4.66. The second kappa shape index (κ2) is 4.80. The highest BCUT2D eigenvalue weighted by Gasteiger charge is 2.14. The topological polar surface area (TPSA) is 55.5 Å². The number of hydrogen-bond donors (Lipinski definition) is 1. The molecule has 0 radical (unpaired) electrons. The van der Waals surface area contributed by atoms with E-state index in [2.05, 4.69) is 5.16 Å². The van der Waals surface area contributed by atoms with Crippen LogP contribution < -0.4 is 4.74 Å². The molecule has 18 heavy (non-hydrogen) atoms. The molecule has 2 aromatic heterocycles. The quantitative estimate of drug-likeness (QED) is 0.784. The molecular formula is C13H11NO3S. The summed E-state index contributed by atoms with van der Waals surface area (Å²) in [5.41, 5.74) is 1.45. The van der Waals surface area contributed by atoms with Crippen molar-refractivity contribution in [3.63, 3.8) is 0 Å². The van der Waals surface area contributed by atoms with Gasteiger partial charge in [-0.3, -0.25) is 0 Å². The fourth-order valence-electron chi connectivity index (χ4n) is 1.80. The number of fused-ring (bicyclic) bond motifs is 1. The van der Waals surface area contributed by atoms with E-state index in [9.17, 15) is 0 Å². The highest BCUT2D eigenvalue weighted by Crippen LogP contribution is 2.35. The number of hydrogen-bond acceptors (Lipinski definition) is 5. The van der Waals surface area contributed by atoms with Crippen molar-refractivity contribution >= 4 is 22.3 Å². The Morgan fingerprint density at radius 2 is 2.22 bits per heavy atom. The maximum atomic E-state index is 8.79. The van der Waals surface area contributed by atoms with E-state index in [0.29, 0.717) is 11.3 Å². The average molecular weight is 261 g/mol. The summed E-state index contributed by atoms with van der Waals surface area (Å²) in [6, 6.07) is 9.63. The van der Waals surface area contributed by atoms with E-state index in [4.69, 9.17) is 14.4 Å². The van der Waals surface area contributed by atoms with Gasteiger partial charge in [-0.25, -0.2) is 0 Å². The van der Waals surface area contributed by atoms with E-state index < -0.39 is 0 Å². The van der Waals surface area contributed by atoms with Gasteiger partial charge in [0.1, 0.15) is 12.3 Å². The van der Waals surface area contributed by atoms with E-state index in [1.165, 1.54) is 0 Å². The van der Waals surface area contributed by atoms with Gasteiger partial charge in [-0.2, -0.15) is 0 Å². The van der Waals surface area contributed by atoms with Crippen LogP contribution in [0.4, 0.5) is 0 Å². The van der Waals surface area contributed by atoms with Gasteiger partial charge in [0.15, 0.2) is 5.75 Å². The fourth-order valence-corrected chi connectivity index (χ4v) is 2.52. The van der Waals surface area contributed by atoms with Crippen molar-refractivity contribution in [1.82, 2.24) is 5.16 Å². The van der Waals surface area contributed by atoms with Gasteiger partial charge in [0.2, 0.25) is 5.58 Å². The minimum atomic E-state index is -0.0255. The van der Waals surface area contributed by atoms with Crippen LogP contribution in [-0.2, 0) is 0 Å². The number of benzene rings is 1. The van der Waals surface area contributed by atoms with Crippen LogP contribution in [0.3, 0.4) is 0 Å². The third-order valence-corrected chi connectivity index (χ3v) is 3.44. The smallest absolute Gasteiger partial charge is 0.209 e. The van der Waals surface area contributed by atoms with Gasteiger partial charge in [0.25, 0.3) is 0 Å². The Kier molecular flexibility index (Phi) is 3.00. The molecule has 0 spiro atoms. The Balaban J connectivity index is 2.09. The Morgan fingerprint density at radius 1 is 1.28 bits per heavy atom. The van der Waals surface area contributed by atoms with Crippen molar-refractivity contribution in [3.05, 3.63) is 35.7 Å². The summed E-state index contributed by atoms with van der Waals surface area (Å²) in [4.78, 5) is 1.06. The molecule has 2 heterocycles. The van der Waals surface area contributed by atoms with E-state index in [-0.39, 0.29) is 13.2 Å². The molecule has 0 aliphatic carbocycles. The summed E-state index contributed by atoms with van der Waals surface area (Å²) < 4.78 is 10.8. The lowest BCUT2D eigenvalue weighted by molar-refractivity contribution is 0.201. The molecule has 1 N–H and O–H groups in total. The molecule has 0 amide bonds. The Bertz CT molecular complexity index is 645. The zero-order chi connectivity index (χ0) is 12.4. The summed E-state index contributed by atoms with van der Waals surface area (Å²) in [6.45, 7) is 0.219. The highest BCUT2D eigenvalue weighted by atomic mass is 32.1. The number of aromatic nitrogens is 1. The standard InChI is InChI=1S/C13H11NO3S/c15-6-7-16-10-4-1-3-9-12(14-17-13(9)10)11-5-2-8-18-11/h1-5,8,15H,6-7H2. The summed E-state index contributed by atoms with van der Waals surface area (Å²) in [7, 11) is 0. The fraction of sp³-hybridized carbons (Fsp3) is 0.154. The minimum absolute atomic E-state index is 0.0255. The summed E-state index contributed by atoms with van der Waals surface area (Å²) in [5, 5.41) is 15.8. The third kappa shape index (κ3) is 1.87. The third-order valence-electron chi connectivity index (χ3n) is 2.57. The van der Waals surface area contributed by atoms with Gasteiger partial charge in [0, 0.05) is 0 Å². The minimum Gasteiger partial charge on any atom is -0.487 e. The number of thiophene rings is 1. The van der Waals surface area contributed by atoms with Gasteiger partial charge in [-0.05, 0) is 23.6 Å². The van der Waals surface area contributed by atoms with Gasteiger partial charge >= 0.3 is 0 Å². The molecule has 0 fully saturated rings. The lowest BCUT2D eigenvalue weighted by atomic mass is 10.2. The van der Waals surface area contributed by atoms with Gasteiger partial charge in [0.05, 0.1) is 16.9 Å². The molecule has 5 heteroatoms. The van der Waals surface area contributed by atoms with E-state index >= 15 is 0 Å². The first-order valence-corrected chi connectivity index (χ1v) is 6.44. The second-order valence-electron chi connectivity index (χ2n) is 3.71. The lowest BCUT2D eigenvalue weighted by Crippen LogP contribution is -2.01. The SMILES string of the molecule is OCCOc1cccc2c(-c3cccs3)noc12. The number of ether oxygens (including phenoxy) is 1. The molecule has 0 aliphatic rings. The first kappa shape index (κ1) is 11.3. The van der Waals surface area contributed by atoms with E-state index in [1.807, 2.05) is 29.6 Å². The van der Waals surface area contributed by atoms with Crippen molar-refractivity contribution in [2.24, 2.45) is 0 Å². The average Bonchev–Trinajstić information content (AvgIpc) is 3.04. The predicted octanol–water partition coefficient (Wildman–Crippen LogP) is 2.93. The first-order chi connectivity index (χ1) is 8.90. The molecule has 4 nitrogen and oxygen atoms in total. The van der Waals surface area contributed by atoms with Crippen molar-refractivity contribution < 1.29 is 14.4 Å². The molecule has 0 unspecified atom stereocenters. The van der Waals surface area contributed by atoms with Crippen LogP contribution in [0, 0.1) is 0 Å². The molecule has 92 valence electrons. The van der Waals surface area contributed by atoms with Gasteiger partial charge in [-0.15, -0.1) is 11.3 Å². The van der Waals surface area contributed by atoms with Crippen molar-refractivity contribution in [3.8, 4) is 16.3 Å². The molecule has 0 atom stereocenters. The zero-order valence-corrected chi connectivity index (χ0v) is 10.3. The predicted molar refractivity (Wildman–Crippen MR) is 69.9 cm³/mol. The highest BCUT2D eigenvalue weighted by molar-refractivity contribution is 7.13. The molecule has 0 aliphatic heterocycles. The molecule has 0 saturated carbocycles. The number of rotatable bonds is 4. The van der Waals surface area contributed by atoms with Gasteiger partial charge < -0.3 is 14.4 Å². The number of aliphatic hydroxyl groups is 1. The van der Waals surface area contributed by atoms with Crippen LogP contribution >= 0.6 is 11.3 Å². The monoisotopic (exact) mass is 261 g/mol. The van der Waals surface area contributed by atoms with Crippen molar-refractivity contribution in [2.45, 2.75) is 0 Å². The molecule has 0 saturated heterocycles. The van der Waals surface area contributed by atoms with Crippen LogP contribution in [0.1, 0.15) is 0 Å². The number of aliphatic hydroxyl groups excluding tert-OH is 1. The summed E-state index contributed by atoms with van der Waals surface area (Å²) >= 11 is 1.62. The molecular weight excluding hydrogens is 250 g/mol. The summed E-state index contributed by atoms with van der Waals surface area (Å²) in [6.07, 6.45) is 0. The van der Waals surface area contributed by atoms with Crippen LogP contribution in [0.5, 0.6) is 5.75 Å². The van der Waals surface area contributed by atoms with Crippen LogP contribution in [-0.4, -0.2) is 23.5 Å². The van der Waals surface area contributed by atoms with Crippen LogP contribution in [0.2, 0.25) is 0 Å². The number of para-hydroxylation sites is 1. The Morgan fingerprint density at radius 3 is 3.00 bits per heavy atom. The van der Waals surface area contributed by atoms with E-state index in [1.54, 1.807) is 17.4 Å². The molecule has 3 rings (SSSR count). The number of nitrogens with zero attached hydrogens (tertiary/aromatic N) is 1. The maximum Gasteiger partial charge on any atom is 0.209 e. The normalized spacial score (nSPS) is 10.9. The molecule has 0 bridgehead atoms. The maximum absolute atomic E-state index is 8.79. The largest absolute Gasteiger partial charge is 0.487 e. The first-order valence-electron chi connectivity index (χ1n) is 5.56.